The van der Waals surface area contributed by atoms with Crippen molar-refractivity contribution in [1.82, 2.24) is 0 Å². The van der Waals surface area contributed by atoms with Crippen molar-refractivity contribution in [1.29, 1.82) is 0 Å². The van der Waals surface area contributed by atoms with Gasteiger partial charge in [-0.05, 0) is 10.8 Å². The van der Waals surface area contributed by atoms with Gasteiger partial charge in [-0.1, -0.05) is 76.9 Å². The Morgan fingerprint density at radius 2 is 1.12 bits per heavy atom. The van der Waals surface area contributed by atoms with Gasteiger partial charge in [0.15, 0.2) is 0 Å². The number of allylic oxidation sites excluding steroid dienone is 4. The van der Waals surface area contributed by atoms with E-state index < -0.39 is 0 Å². The summed E-state index contributed by atoms with van der Waals surface area (Å²) in [6.07, 6.45) is 12.2. The van der Waals surface area contributed by atoms with Crippen LogP contribution in [0.25, 0.3) is 21.5 Å². The average Bonchev–Trinajstić information content (AvgIpc) is 3.65. The van der Waals surface area contributed by atoms with Gasteiger partial charge in [-0.15, -0.1) is 46.2 Å². The SMILES string of the molecule is CC(C)(C)c1ccc2[cH-]c3ccc(C(C)(C)C)cc3c2c1.[C-]1=CC=CC1.[Zr+2]=[C](Cc1ccccc1)Cc1ccccc1. The topological polar surface area (TPSA) is 0 Å². The number of hydrogen-bond donors (Lipinski definition) is 0. The molecule has 0 spiro atoms. The summed E-state index contributed by atoms with van der Waals surface area (Å²) in [6.45, 7) is 13.7. The van der Waals surface area contributed by atoms with Gasteiger partial charge in [-0.2, -0.15) is 6.08 Å². The molecule has 0 N–H and O–H groups in total. The molecular formula is C41H44Zr. The molecule has 1 aliphatic rings. The second kappa shape index (κ2) is 14.4. The van der Waals surface area contributed by atoms with Gasteiger partial charge in [0.25, 0.3) is 0 Å². The van der Waals surface area contributed by atoms with Gasteiger partial charge in [0.2, 0.25) is 0 Å². The summed E-state index contributed by atoms with van der Waals surface area (Å²) in [7, 11) is 0. The van der Waals surface area contributed by atoms with E-state index in [4.69, 9.17) is 0 Å². The molecule has 0 aliphatic heterocycles. The molecule has 0 aromatic heterocycles. The summed E-state index contributed by atoms with van der Waals surface area (Å²) in [5.74, 6) is 0. The third kappa shape index (κ3) is 9.24. The zero-order chi connectivity index (χ0) is 30.2. The van der Waals surface area contributed by atoms with Gasteiger partial charge in [0.05, 0.1) is 0 Å². The average molecular weight is 628 g/mol. The first-order valence-electron chi connectivity index (χ1n) is 15.0. The van der Waals surface area contributed by atoms with E-state index >= 15 is 0 Å². The predicted octanol–water partition coefficient (Wildman–Crippen LogP) is 10.8. The molecule has 0 saturated carbocycles. The molecule has 0 nitrogen and oxygen atoms in total. The quantitative estimate of drug-likeness (QED) is 0.174. The second-order valence-corrected chi connectivity index (χ2v) is 14.9. The summed E-state index contributed by atoms with van der Waals surface area (Å²) in [5, 5.41) is 5.49. The van der Waals surface area contributed by atoms with Crippen LogP contribution >= 0.6 is 0 Å². The summed E-state index contributed by atoms with van der Waals surface area (Å²) >= 11 is 1.55. The van der Waals surface area contributed by atoms with Crippen molar-refractivity contribution >= 4 is 24.8 Å². The van der Waals surface area contributed by atoms with Crippen LogP contribution in [-0.2, 0) is 47.9 Å². The Morgan fingerprint density at radius 3 is 1.45 bits per heavy atom. The minimum absolute atomic E-state index is 0.194. The van der Waals surface area contributed by atoms with Crippen LogP contribution < -0.4 is 0 Å². The maximum absolute atomic E-state index is 2.99. The van der Waals surface area contributed by atoms with Gasteiger partial charge in [-0.3, -0.25) is 6.08 Å². The first kappa shape index (κ1) is 31.9. The fourth-order valence-corrected chi connectivity index (χ4v) is 6.02. The Balaban J connectivity index is 0.000000170. The van der Waals surface area contributed by atoms with E-state index in [2.05, 4.69) is 157 Å². The molecule has 0 heterocycles. The van der Waals surface area contributed by atoms with Crippen LogP contribution in [-0.4, -0.2) is 3.21 Å². The van der Waals surface area contributed by atoms with Gasteiger partial charge < -0.3 is 0 Å². The van der Waals surface area contributed by atoms with Crippen molar-refractivity contribution in [2.24, 2.45) is 0 Å². The van der Waals surface area contributed by atoms with Crippen LogP contribution in [0.4, 0.5) is 0 Å². The van der Waals surface area contributed by atoms with Gasteiger partial charge in [-0.25, -0.2) is 12.2 Å². The second-order valence-electron chi connectivity index (χ2n) is 13.2. The van der Waals surface area contributed by atoms with Gasteiger partial charge in [0, 0.05) is 0 Å². The van der Waals surface area contributed by atoms with E-state index in [9.17, 15) is 0 Å². The number of benzene rings is 4. The van der Waals surface area contributed by atoms with Crippen LogP contribution in [0, 0.1) is 6.08 Å². The molecule has 1 aliphatic carbocycles. The van der Waals surface area contributed by atoms with E-state index in [1.165, 1.54) is 43.8 Å². The fraction of sp³-hybridized carbons (Fsp3) is 0.268. The first-order valence-corrected chi connectivity index (χ1v) is 16.2. The molecule has 0 amide bonds. The van der Waals surface area contributed by atoms with Crippen LogP contribution in [0.2, 0.25) is 0 Å². The van der Waals surface area contributed by atoms with Crippen molar-refractivity contribution in [2.45, 2.75) is 71.6 Å². The Labute approximate surface area is 268 Å². The standard InChI is InChI=1S/C21H25.C15H14.C5H5.Zr/c1-20(2,3)16-9-7-14-11-15-8-10-17(21(4,5)6)13-19(15)18(14)12-16;1-3-8-14(9-4-1)12-7-13-15-10-5-2-6-11-15;1-2-4-5-3-1;/h7-13H,1-6H3;1-6,8-11H,12-13H2;1-3H,4H2;/q-1;;-1;+2. The Hall–Kier alpha value is -3.02. The third-order valence-corrected chi connectivity index (χ3v) is 8.42. The summed E-state index contributed by atoms with van der Waals surface area (Å²) in [5.41, 5.74) is 6.04. The normalized spacial score (nSPS) is 12.6. The Bertz CT molecular complexity index is 1530. The van der Waals surface area contributed by atoms with Crippen LogP contribution in [0.5, 0.6) is 0 Å². The first-order chi connectivity index (χ1) is 20.0. The molecule has 0 bridgehead atoms. The zero-order valence-corrected chi connectivity index (χ0v) is 28.6. The molecule has 0 unspecified atom stereocenters. The molecule has 1 heteroatoms. The van der Waals surface area contributed by atoms with Crippen molar-refractivity contribution < 1.29 is 24.2 Å². The van der Waals surface area contributed by atoms with Crippen molar-refractivity contribution in [3.8, 4) is 0 Å². The van der Waals surface area contributed by atoms with Crippen LogP contribution in [0.3, 0.4) is 0 Å². The fourth-order valence-electron chi connectivity index (χ4n) is 5.02. The van der Waals surface area contributed by atoms with E-state index in [-0.39, 0.29) is 10.8 Å². The van der Waals surface area contributed by atoms with Crippen molar-refractivity contribution in [3.63, 3.8) is 0 Å². The molecule has 42 heavy (non-hydrogen) atoms. The molecule has 6 rings (SSSR count). The number of rotatable bonds is 4. The molecule has 0 fully saturated rings. The van der Waals surface area contributed by atoms with Gasteiger partial charge >= 0.3 is 112 Å². The molecule has 212 valence electrons. The Morgan fingerprint density at radius 1 is 0.667 bits per heavy atom. The van der Waals surface area contributed by atoms with Crippen LogP contribution in [0.1, 0.15) is 70.2 Å². The predicted molar refractivity (Wildman–Crippen MR) is 181 cm³/mol. The minimum atomic E-state index is 0.194. The number of hydrogen-bond acceptors (Lipinski definition) is 0. The summed E-state index contributed by atoms with van der Waals surface area (Å²) < 4.78 is 1.60. The van der Waals surface area contributed by atoms with E-state index in [0.717, 1.165) is 19.3 Å². The van der Waals surface area contributed by atoms with E-state index in [1.54, 1.807) is 27.4 Å². The maximum atomic E-state index is 2.99. The van der Waals surface area contributed by atoms with Gasteiger partial charge in [0.1, 0.15) is 0 Å². The summed E-state index contributed by atoms with van der Waals surface area (Å²) in [6, 6.07) is 37.6. The van der Waals surface area contributed by atoms with E-state index in [1.807, 2.05) is 12.2 Å². The molecule has 0 radical (unpaired) electrons. The third-order valence-electron chi connectivity index (χ3n) is 7.55. The Kier molecular flexibility index (Phi) is 11.0. The molecular weight excluding hydrogens is 584 g/mol. The monoisotopic (exact) mass is 626 g/mol. The zero-order valence-electron chi connectivity index (χ0n) is 26.2. The molecule has 0 atom stereocenters. The van der Waals surface area contributed by atoms with Crippen molar-refractivity contribution in [2.75, 3.05) is 0 Å². The van der Waals surface area contributed by atoms with Crippen molar-refractivity contribution in [3.05, 3.63) is 150 Å². The molecule has 5 aromatic rings. The summed E-state index contributed by atoms with van der Waals surface area (Å²) in [4.78, 5) is 0. The molecule has 0 saturated heterocycles. The van der Waals surface area contributed by atoms with E-state index in [0.29, 0.717) is 0 Å². The number of fused-ring (bicyclic) bond motifs is 3. The molecule has 5 aromatic carbocycles. The van der Waals surface area contributed by atoms with Crippen LogP contribution in [0.15, 0.2) is 121 Å².